The monoisotopic (exact) mass is 145 g/mol. The molecule has 0 amide bonds. The first-order valence-electron chi connectivity index (χ1n) is 3.10. The molecule has 0 aromatic carbocycles. The lowest BCUT2D eigenvalue weighted by Crippen LogP contribution is -1.86. The molecule has 1 aromatic heterocycles. The first kappa shape index (κ1) is 7.29. The summed E-state index contributed by atoms with van der Waals surface area (Å²) in [5, 5.41) is 8.20. The van der Waals surface area contributed by atoms with Gasteiger partial charge in [0, 0.05) is 18.0 Å². The summed E-state index contributed by atoms with van der Waals surface area (Å²) < 4.78 is 0. The van der Waals surface area contributed by atoms with Crippen LogP contribution in [-0.4, -0.2) is 4.98 Å². The molecule has 3 heteroatoms. The highest BCUT2D eigenvalue weighted by Gasteiger charge is 1.87. The van der Waals surface area contributed by atoms with E-state index in [2.05, 4.69) is 4.98 Å². The van der Waals surface area contributed by atoms with Crippen LogP contribution >= 0.6 is 0 Å². The van der Waals surface area contributed by atoms with Crippen LogP contribution in [0.4, 0.5) is 5.69 Å². The first-order valence-corrected chi connectivity index (χ1v) is 3.10. The molecule has 0 spiro atoms. The van der Waals surface area contributed by atoms with Gasteiger partial charge in [-0.3, -0.25) is 4.98 Å². The Morgan fingerprint density at radius 3 is 3.09 bits per heavy atom. The van der Waals surface area contributed by atoms with Crippen molar-refractivity contribution in [3.63, 3.8) is 0 Å². The summed E-state index contributed by atoms with van der Waals surface area (Å²) in [6, 6.07) is 5.27. The van der Waals surface area contributed by atoms with Gasteiger partial charge in [0.15, 0.2) is 0 Å². The number of hydrogen-bond acceptors (Lipinski definition) is 3. The number of rotatable bonds is 1. The van der Waals surface area contributed by atoms with E-state index in [1.807, 2.05) is 6.07 Å². The van der Waals surface area contributed by atoms with Crippen LogP contribution in [0.1, 0.15) is 5.69 Å². The predicted octanol–water partition coefficient (Wildman–Crippen LogP) is 1.20. The molecule has 1 rings (SSSR count). The lowest BCUT2D eigenvalue weighted by molar-refractivity contribution is 1.30. The van der Waals surface area contributed by atoms with E-state index in [9.17, 15) is 0 Å². The van der Waals surface area contributed by atoms with E-state index >= 15 is 0 Å². The molecule has 1 aromatic rings. The van der Waals surface area contributed by atoms with E-state index in [4.69, 9.17) is 11.0 Å². The summed E-state index contributed by atoms with van der Waals surface area (Å²) >= 11 is 0. The van der Waals surface area contributed by atoms with Gasteiger partial charge in [0.25, 0.3) is 0 Å². The standard InChI is InChI=1S/C8H7N3/c9-4-1-2-8-6-7(10)3-5-11-8/h1-3,5-6H,(H2,10,11). The quantitative estimate of drug-likeness (QED) is 0.604. The second kappa shape index (κ2) is 3.37. The number of nitriles is 1. The third kappa shape index (κ3) is 2.11. The Morgan fingerprint density at radius 1 is 1.64 bits per heavy atom. The molecule has 54 valence electrons. The Balaban J connectivity index is 2.90. The number of aromatic nitrogens is 1. The Hall–Kier alpha value is -1.82. The van der Waals surface area contributed by atoms with E-state index in [1.165, 1.54) is 6.08 Å². The van der Waals surface area contributed by atoms with Crippen LogP contribution in [0.2, 0.25) is 0 Å². The summed E-state index contributed by atoms with van der Waals surface area (Å²) in [6.45, 7) is 0. The number of anilines is 1. The molecule has 0 saturated heterocycles. The number of nitrogens with two attached hydrogens (primary N) is 1. The zero-order chi connectivity index (χ0) is 8.10. The zero-order valence-corrected chi connectivity index (χ0v) is 5.86. The van der Waals surface area contributed by atoms with Crippen LogP contribution in [0.5, 0.6) is 0 Å². The zero-order valence-electron chi connectivity index (χ0n) is 5.86. The average molecular weight is 145 g/mol. The van der Waals surface area contributed by atoms with Gasteiger partial charge in [-0.15, -0.1) is 0 Å². The third-order valence-corrected chi connectivity index (χ3v) is 1.13. The Bertz CT molecular complexity index is 309. The van der Waals surface area contributed by atoms with Gasteiger partial charge in [-0.05, 0) is 18.2 Å². The molecule has 1 heterocycles. The summed E-state index contributed by atoms with van der Waals surface area (Å²) in [5.74, 6) is 0. The van der Waals surface area contributed by atoms with Gasteiger partial charge in [-0.25, -0.2) is 0 Å². The molecule has 3 nitrogen and oxygen atoms in total. The molecular weight excluding hydrogens is 138 g/mol. The molecule has 11 heavy (non-hydrogen) atoms. The summed E-state index contributed by atoms with van der Waals surface area (Å²) in [7, 11) is 0. The lowest BCUT2D eigenvalue weighted by atomic mass is 10.3. The van der Waals surface area contributed by atoms with Crippen LogP contribution in [0.15, 0.2) is 24.4 Å². The normalized spacial score (nSPS) is 9.73. The van der Waals surface area contributed by atoms with Crippen LogP contribution < -0.4 is 5.73 Å². The number of allylic oxidation sites excluding steroid dienone is 1. The number of nitrogen functional groups attached to an aromatic ring is 1. The van der Waals surface area contributed by atoms with E-state index in [-0.39, 0.29) is 0 Å². The predicted molar refractivity (Wildman–Crippen MR) is 43.3 cm³/mol. The molecule has 0 bridgehead atoms. The van der Waals surface area contributed by atoms with E-state index in [0.717, 1.165) is 0 Å². The molecule has 0 aliphatic carbocycles. The van der Waals surface area contributed by atoms with Crippen molar-refractivity contribution in [2.24, 2.45) is 0 Å². The Labute approximate surface area is 64.8 Å². The highest BCUT2D eigenvalue weighted by molar-refractivity contribution is 5.52. The maximum absolute atomic E-state index is 8.20. The van der Waals surface area contributed by atoms with Crippen molar-refractivity contribution in [3.8, 4) is 6.07 Å². The van der Waals surface area contributed by atoms with Gasteiger partial charge in [-0.1, -0.05) is 0 Å². The fraction of sp³-hybridized carbons (Fsp3) is 0. The molecule has 0 aliphatic rings. The molecule has 0 unspecified atom stereocenters. The Kier molecular flexibility index (Phi) is 2.24. The smallest absolute Gasteiger partial charge is 0.0912 e. The minimum absolute atomic E-state index is 0.651. The third-order valence-electron chi connectivity index (χ3n) is 1.13. The maximum atomic E-state index is 8.20. The minimum Gasteiger partial charge on any atom is -0.399 e. The van der Waals surface area contributed by atoms with Gasteiger partial charge in [0.1, 0.15) is 0 Å². The van der Waals surface area contributed by atoms with Gasteiger partial charge in [0.2, 0.25) is 0 Å². The van der Waals surface area contributed by atoms with Gasteiger partial charge in [0.05, 0.1) is 11.8 Å². The Morgan fingerprint density at radius 2 is 2.45 bits per heavy atom. The maximum Gasteiger partial charge on any atom is 0.0912 e. The average Bonchev–Trinajstić information content (AvgIpc) is 2.01. The number of pyridine rings is 1. The van der Waals surface area contributed by atoms with Crippen molar-refractivity contribution in [1.82, 2.24) is 4.98 Å². The molecule has 0 aliphatic heterocycles. The van der Waals surface area contributed by atoms with Crippen molar-refractivity contribution in [2.45, 2.75) is 0 Å². The van der Waals surface area contributed by atoms with Crippen LogP contribution in [-0.2, 0) is 0 Å². The van der Waals surface area contributed by atoms with Crippen molar-refractivity contribution < 1.29 is 0 Å². The van der Waals surface area contributed by atoms with E-state index < -0.39 is 0 Å². The van der Waals surface area contributed by atoms with Crippen molar-refractivity contribution in [1.29, 1.82) is 5.26 Å². The first-order chi connectivity index (χ1) is 5.33. The fourth-order valence-corrected chi connectivity index (χ4v) is 0.679. The van der Waals surface area contributed by atoms with E-state index in [0.29, 0.717) is 11.4 Å². The number of nitrogens with zero attached hydrogens (tertiary/aromatic N) is 2. The van der Waals surface area contributed by atoms with Crippen LogP contribution in [0, 0.1) is 11.3 Å². The van der Waals surface area contributed by atoms with Gasteiger partial charge >= 0.3 is 0 Å². The molecule has 2 N–H and O–H groups in total. The number of hydrogen-bond donors (Lipinski definition) is 1. The topological polar surface area (TPSA) is 62.7 Å². The largest absolute Gasteiger partial charge is 0.399 e. The van der Waals surface area contributed by atoms with Crippen LogP contribution in [0.25, 0.3) is 6.08 Å². The second-order valence-corrected chi connectivity index (χ2v) is 1.98. The molecule has 0 atom stereocenters. The van der Waals surface area contributed by atoms with Crippen molar-refractivity contribution in [3.05, 3.63) is 30.1 Å². The fourth-order valence-electron chi connectivity index (χ4n) is 0.679. The summed E-state index contributed by atoms with van der Waals surface area (Å²) in [5.41, 5.74) is 6.82. The molecule has 0 saturated carbocycles. The minimum atomic E-state index is 0.651. The molecule has 0 radical (unpaired) electrons. The molecular formula is C8H7N3. The summed E-state index contributed by atoms with van der Waals surface area (Å²) in [4.78, 5) is 3.96. The highest BCUT2D eigenvalue weighted by Crippen LogP contribution is 2.03. The van der Waals surface area contributed by atoms with Crippen molar-refractivity contribution >= 4 is 11.8 Å². The summed E-state index contributed by atoms with van der Waals surface area (Å²) in [6.07, 6.45) is 4.57. The lowest BCUT2D eigenvalue weighted by Gasteiger charge is -1.92. The second-order valence-electron chi connectivity index (χ2n) is 1.98. The molecule has 0 fully saturated rings. The highest BCUT2D eigenvalue weighted by atomic mass is 14.7. The van der Waals surface area contributed by atoms with Crippen molar-refractivity contribution in [2.75, 3.05) is 5.73 Å². The van der Waals surface area contributed by atoms with Crippen LogP contribution in [0.3, 0.4) is 0 Å². The van der Waals surface area contributed by atoms with E-state index in [1.54, 1.807) is 24.4 Å². The van der Waals surface area contributed by atoms with Gasteiger partial charge < -0.3 is 5.73 Å². The van der Waals surface area contributed by atoms with Gasteiger partial charge in [-0.2, -0.15) is 5.26 Å². The SMILES string of the molecule is N#CC=Cc1cc(N)ccn1.